The Hall–Kier alpha value is -3.61. The molecule has 3 aromatic heterocycles. The van der Waals surface area contributed by atoms with Crippen molar-refractivity contribution in [2.45, 2.75) is 6.54 Å². The average Bonchev–Trinajstić information content (AvgIpc) is 3.10. The van der Waals surface area contributed by atoms with Gasteiger partial charge in [-0.3, -0.25) is 14.9 Å². The first-order valence-corrected chi connectivity index (χ1v) is 7.98. The van der Waals surface area contributed by atoms with E-state index in [1.807, 2.05) is 12.1 Å². The SMILES string of the molecule is O=C(NCc1ccncc1)c1n[nH]c2ccc(-c3cccnc3F)cc12. The minimum Gasteiger partial charge on any atom is -0.347 e. The van der Waals surface area contributed by atoms with Crippen LogP contribution in [0, 0.1) is 5.95 Å². The molecule has 0 atom stereocenters. The van der Waals surface area contributed by atoms with Gasteiger partial charge < -0.3 is 5.32 Å². The van der Waals surface area contributed by atoms with Gasteiger partial charge in [-0.05, 0) is 47.5 Å². The van der Waals surface area contributed by atoms with Gasteiger partial charge in [0.1, 0.15) is 0 Å². The van der Waals surface area contributed by atoms with E-state index in [4.69, 9.17) is 0 Å². The predicted octanol–water partition coefficient (Wildman–Crippen LogP) is 3.09. The van der Waals surface area contributed by atoms with Crippen molar-refractivity contribution in [1.82, 2.24) is 25.5 Å². The highest BCUT2D eigenvalue weighted by molar-refractivity contribution is 6.05. The first-order chi connectivity index (χ1) is 12.7. The second-order valence-corrected chi connectivity index (χ2v) is 5.71. The van der Waals surface area contributed by atoms with E-state index in [0.29, 0.717) is 28.6 Å². The number of H-pyrrole nitrogens is 1. The van der Waals surface area contributed by atoms with E-state index >= 15 is 0 Å². The molecule has 0 unspecified atom stereocenters. The summed E-state index contributed by atoms with van der Waals surface area (Å²) in [6, 6.07) is 12.2. The van der Waals surface area contributed by atoms with Crippen LogP contribution in [0.1, 0.15) is 16.1 Å². The lowest BCUT2D eigenvalue weighted by atomic mass is 10.0. The number of hydrogen-bond acceptors (Lipinski definition) is 4. The Kier molecular flexibility index (Phi) is 4.10. The molecule has 7 heteroatoms. The van der Waals surface area contributed by atoms with Crippen LogP contribution in [0.2, 0.25) is 0 Å². The maximum Gasteiger partial charge on any atom is 0.272 e. The second kappa shape index (κ2) is 6.72. The first-order valence-electron chi connectivity index (χ1n) is 7.98. The molecule has 3 heterocycles. The summed E-state index contributed by atoms with van der Waals surface area (Å²) in [5.74, 6) is -0.865. The van der Waals surface area contributed by atoms with Gasteiger partial charge in [-0.2, -0.15) is 9.49 Å². The largest absolute Gasteiger partial charge is 0.347 e. The lowest BCUT2D eigenvalue weighted by molar-refractivity contribution is 0.0947. The Labute approximate surface area is 148 Å². The van der Waals surface area contributed by atoms with Crippen LogP contribution in [0.3, 0.4) is 0 Å². The average molecular weight is 347 g/mol. The van der Waals surface area contributed by atoms with Gasteiger partial charge in [0.2, 0.25) is 5.95 Å². The van der Waals surface area contributed by atoms with Crippen LogP contribution < -0.4 is 5.32 Å². The van der Waals surface area contributed by atoms with Crippen LogP contribution in [0.15, 0.2) is 61.1 Å². The van der Waals surface area contributed by atoms with Gasteiger partial charge in [0.25, 0.3) is 5.91 Å². The summed E-state index contributed by atoms with van der Waals surface area (Å²) >= 11 is 0. The molecule has 0 aliphatic carbocycles. The second-order valence-electron chi connectivity index (χ2n) is 5.71. The van der Waals surface area contributed by atoms with Crippen molar-refractivity contribution < 1.29 is 9.18 Å². The Balaban J connectivity index is 1.64. The minimum absolute atomic E-state index is 0.264. The fraction of sp³-hybridized carbons (Fsp3) is 0.0526. The number of fused-ring (bicyclic) bond motifs is 1. The molecule has 26 heavy (non-hydrogen) atoms. The number of rotatable bonds is 4. The van der Waals surface area contributed by atoms with Gasteiger partial charge >= 0.3 is 0 Å². The van der Waals surface area contributed by atoms with E-state index in [9.17, 15) is 9.18 Å². The van der Waals surface area contributed by atoms with Crippen molar-refractivity contribution in [3.05, 3.63) is 78.3 Å². The van der Waals surface area contributed by atoms with Crippen molar-refractivity contribution in [2.75, 3.05) is 0 Å². The van der Waals surface area contributed by atoms with Crippen molar-refractivity contribution >= 4 is 16.8 Å². The molecule has 0 aliphatic rings. The van der Waals surface area contributed by atoms with Crippen LogP contribution in [0.5, 0.6) is 0 Å². The molecule has 0 fully saturated rings. The van der Waals surface area contributed by atoms with E-state index in [1.54, 1.807) is 42.7 Å². The zero-order valence-electron chi connectivity index (χ0n) is 13.6. The van der Waals surface area contributed by atoms with Gasteiger partial charge in [0.15, 0.2) is 5.69 Å². The fourth-order valence-corrected chi connectivity index (χ4v) is 2.72. The Morgan fingerprint density at radius 2 is 1.96 bits per heavy atom. The summed E-state index contributed by atoms with van der Waals surface area (Å²) in [4.78, 5) is 20.1. The maximum atomic E-state index is 13.9. The predicted molar refractivity (Wildman–Crippen MR) is 94.7 cm³/mol. The lowest BCUT2D eigenvalue weighted by Crippen LogP contribution is -2.23. The highest BCUT2D eigenvalue weighted by Gasteiger charge is 2.15. The van der Waals surface area contributed by atoms with Crippen molar-refractivity contribution in [3.8, 4) is 11.1 Å². The summed E-state index contributed by atoms with van der Waals surface area (Å²) in [6.07, 6.45) is 4.73. The van der Waals surface area contributed by atoms with Crippen LogP contribution in [0.4, 0.5) is 4.39 Å². The molecule has 0 bridgehead atoms. The zero-order valence-corrected chi connectivity index (χ0v) is 13.6. The molecule has 4 aromatic rings. The zero-order chi connectivity index (χ0) is 17.9. The third kappa shape index (κ3) is 3.02. The highest BCUT2D eigenvalue weighted by Crippen LogP contribution is 2.26. The number of hydrogen-bond donors (Lipinski definition) is 2. The Bertz CT molecular complexity index is 1080. The van der Waals surface area contributed by atoms with Gasteiger partial charge in [0.05, 0.1) is 5.52 Å². The number of carbonyl (C=O) groups excluding carboxylic acids is 1. The van der Waals surface area contributed by atoms with Gasteiger partial charge in [-0.15, -0.1) is 0 Å². The summed E-state index contributed by atoms with van der Waals surface area (Å²) in [7, 11) is 0. The molecular formula is C19H14FN5O. The number of nitrogens with one attached hydrogen (secondary N) is 2. The number of pyridine rings is 2. The summed E-state index contributed by atoms with van der Waals surface area (Å²) in [6.45, 7) is 0.368. The van der Waals surface area contributed by atoms with Crippen molar-refractivity contribution in [3.63, 3.8) is 0 Å². The number of aromatic nitrogens is 4. The molecule has 0 aliphatic heterocycles. The molecule has 2 N–H and O–H groups in total. The molecule has 1 amide bonds. The molecule has 1 aromatic carbocycles. The standard InChI is InChI=1S/C19H14FN5O/c20-18-14(2-1-7-22-18)13-3-4-16-15(10-13)17(25-24-16)19(26)23-11-12-5-8-21-9-6-12/h1-10H,11H2,(H,23,26)(H,24,25). The van der Waals surface area contributed by atoms with Crippen LogP contribution >= 0.6 is 0 Å². The minimum atomic E-state index is -0.556. The molecule has 0 radical (unpaired) electrons. The van der Waals surface area contributed by atoms with Crippen LogP contribution in [-0.2, 0) is 6.54 Å². The number of benzene rings is 1. The smallest absolute Gasteiger partial charge is 0.272 e. The molecule has 0 spiro atoms. The van der Waals surface area contributed by atoms with Gasteiger partial charge in [-0.25, -0.2) is 4.98 Å². The van der Waals surface area contributed by atoms with Crippen LogP contribution in [0.25, 0.3) is 22.0 Å². The van der Waals surface area contributed by atoms with E-state index < -0.39 is 5.95 Å². The molecule has 4 rings (SSSR count). The third-order valence-electron chi connectivity index (χ3n) is 4.05. The molecule has 0 saturated heterocycles. The van der Waals surface area contributed by atoms with E-state index in [0.717, 1.165) is 5.56 Å². The summed E-state index contributed by atoms with van der Waals surface area (Å²) in [5, 5.41) is 10.4. The van der Waals surface area contributed by atoms with Crippen LogP contribution in [-0.4, -0.2) is 26.1 Å². The Morgan fingerprint density at radius 1 is 1.12 bits per heavy atom. The molecular weight excluding hydrogens is 333 g/mol. The topological polar surface area (TPSA) is 83.6 Å². The van der Waals surface area contributed by atoms with E-state index in [-0.39, 0.29) is 11.6 Å². The first kappa shape index (κ1) is 15.9. The number of amides is 1. The van der Waals surface area contributed by atoms with Crippen molar-refractivity contribution in [2.24, 2.45) is 0 Å². The van der Waals surface area contributed by atoms with E-state index in [1.165, 1.54) is 6.20 Å². The number of aromatic amines is 1. The van der Waals surface area contributed by atoms with Crippen molar-refractivity contribution in [1.29, 1.82) is 0 Å². The normalized spacial score (nSPS) is 10.8. The van der Waals surface area contributed by atoms with Gasteiger partial charge in [0, 0.05) is 36.1 Å². The van der Waals surface area contributed by atoms with Gasteiger partial charge in [-0.1, -0.05) is 6.07 Å². The van der Waals surface area contributed by atoms with E-state index in [2.05, 4.69) is 25.5 Å². The lowest BCUT2D eigenvalue weighted by Gasteiger charge is -2.05. The quantitative estimate of drug-likeness (QED) is 0.556. The summed E-state index contributed by atoms with van der Waals surface area (Å²) < 4.78 is 13.9. The summed E-state index contributed by atoms with van der Waals surface area (Å²) in [5.41, 5.74) is 2.91. The highest BCUT2D eigenvalue weighted by atomic mass is 19.1. The fourth-order valence-electron chi connectivity index (χ4n) is 2.72. The third-order valence-corrected chi connectivity index (χ3v) is 4.05. The number of carbonyl (C=O) groups is 1. The molecule has 0 saturated carbocycles. The number of nitrogens with zero attached hydrogens (tertiary/aromatic N) is 3. The molecule has 128 valence electrons. The Morgan fingerprint density at radius 3 is 2.77 bits per heavy atom. The maximum absolute atomic E-state index is 13.9. The monoisotopic (exact) mass is 347 g/mol. The number of halogens is 1. The molecule has 6 nitrogen and oxygen atoms in total.